The predicted octanol–water partition coefficient (Wildman–Crippen LogP) is 6.60. The molecule has 6 nitrogen and oxygen atoms in total. The van der Waals surface area contributed by atoms with Crippen molar-refractivity contribution in [2.24, 2.45) is 0 Å². The number of ether oxygens (including phenoxy) is 1. The number of hydrogen-bond acceptors (Lipinski definition) is 5. The molecule has 2 aromatic heterocycles. The van der Waals surface area contributed by atoms with E-state index in [0.29, 0.717) is 18.2 Å². The number of hydrogen-bond donors (Lipinski definition) is 1. The van der Waals surface area contributed by atoms with Gasteiger partial charge in [0.15, 0.2) is 5.82 Å². The fourth-order valence-electron chi connectivity index (χ4n) is 3.53. The van der Waals surface area contributed by atoms with Crippen LogP contribution in [-0.4, -0.2) is 17.7 Å². The molecule has 0 aliphatic carbocycles. The van der Waals surface area contributed by atoms with E-state index in [1.165, 1.54) is 12.3 Å². The Labute approximate surface area is 188 Å². The molecule has 0 atom stereocenters. The average Bonchev–Trinajstić information content (AvgIpc) is 3.39. The number of aromatic nitrogens is 1. The summed E-state index contributed by atoms with van der Waals surface area (Å²) >= 11 is 3.53. The van der Waals surface area contributed by atoms with Crippen LogP contribution in [-0.2, 0) is 4.79 Å². The highest BCUT2D eigenvalue weighted by Crippen LogP contribution is 2.41. The van der Waals surface area contributed by atoms with E-state index in [1.54, 1.807) is 12.3 Å². The Kier molecular flexibility index (Phi) is 5.95. The molecular weight excluding hydrogens is 460 g/mol. The molecule has 4 aromatic rings. The highest BCUT2D eigenvalue weighted by atomic mass is 79.9. The molecule has 2 heterocycles. The first-order valence-electron chi connectivity index (χ1n) is 9.81. The number of anilines is 1. The third kappa shape index (κ3) is 4.27. The molecule has 0 bridgehead atoms. The fourth-order valence-corrected chi connectivity index (χ4v) is 3.93. The first-order valence-corrected chi connectivity index (χ1v) is 10.6. The maximum atomic E-state index is 12.5. The lowest BCUT2D eigenvalue weighted by Gasteiger charge is -2.15. The molecule has 2 aromatic carbocycles. The zero-order chi connectivity index (χ0) is 22.0. The molecule has 0 spiro atoms. The van der Waals surface area contributed by atoms with Crippen molar-refractivity contribution in [2.75, 3.05) is 11.9 Å². The number of benzene rings is 2. The minimum atomic E-state index is -0.300. The minimum Gasteiger partial charge on any atom is -0.493 e. The van der Waals surface area contributed by atoms with Crippen LogP contribution in [0.25, 0.3) is 27.7 Å². The van der Waals surface area contributed by atoms with Crippen LogP contribution >= 0.6 is 15.9 Å². The molecule has 4 rings (SSSR count). The monoisotopic (exact) mass is 480 g/mol. The highest BCUT2D eigenvalue weighted by molar-refractivity contribution is 9.10. The van der Waals surface area contributed by atoms with E-state index in [4.69, 9.17) is 13.7 Å². The summed E-state index contributed by atoms with van der Waals surface area (Å²) in [5, 5.41) is 7.34. The van der Waals surface area contributed by atoms with Crippen molar-refractivity contribution < 1.29 is 18.5 Å². The first-order chi connectivity index (χ1) is 15.0. The van der Waals surface area contributed by atoms with Gasteiger partial charge in [0.25, 0.3) is 0 Å². The number of amides is 1. The van der Waals surface area contributed by atoms with Crippen LogP contribution in [0, 0.1) is 6.92 Å². The van der Waals surface area contributed by atoms with Crippen molar-refractivity contribution in [2.45, 2.75) is 20.8 Å². The second-order valence-electron chi connectivity index (χ2n) is 7.05. The van der Waals surface area contributed by atoms with E-state index in [9.17, 15) is 4.79 Å². The summed E-state index contributed by atoms with van der Waals surface area (Å²) in [5.41, 5.74) is 5.26. The van der Waals surface area contributed by atoms with Crippen LogP contribution in [0.3, 0.4) is 0 Å². The summed E-state index contributed by atoms with van der Waals surface area (Å²) in [6.07, 6.45) is 4.69. The third-order valence-corrected chi connectivity index (χ3v) is 5.42. The largest absolute Gasteiger partial charge is 0.493 e. The summed E-state index contributed by atoms with van der Waals surface area (Å²) in [4.78, 5) is 12.5. The SMILES string of the molecule is CCOc1c(/C(C)=C/C(=O)Nc2ccon2)cc2c(-c3cccc(Br)c3)coc2c1C. The lowest BCUT2D eigenvalue weighted by atomic mass is 9.96. The van der Waals surface area contributed by atoms with Crippen molar-refractivity contribution in [1.29, 1.82) is 0 Å². The van der Waals surface area contributed by atoms with Crippen LogP contribution in [0.4, 0.5) is 5.82 Å². The molecule has 7 heteroatoms. The van der Waals surface area contributed by atoms with Gasteiger partial charge in [-0.3, -0.25) is 4.79 Å². The third-order valence-electron chi connectivity index (χ3n) is 4.93. The van der Waals surface area contributed by atoms with Crippen molar-refractivity contribution >= 4 is 44.2 Å². The van der Waals surface area contributed by atoms with E-state index < -0.39 is 0 Å². The standard InChI is InChI=1S/C24H21BrN2O4/c1-4-29-23-15(3)24-19(20(13-30-24)16-6-5-7-17(25)11-16)12-18(23)14(2)10-22(28)26-21-8-9-31-27-21/h5-13H,4H2,1-3H3,(H,26,27,28)/b14-10+. The second-order valence-corrected chi connectivity index (χ2v) is 7.96. The molecule has 0 unspecified atom stereocenters. The molecule has 31 heavy (non-hydrogen) atoms. The molecule has 0 radical (unpaired) electrons. The maximum absolute atomic E-state index is 12.5. The number of fused-ring (bicyclic) bond motifs is 1. The average molecular weight is 481 g/mol. The number of carbonyl (C=O) groups is 1. The van der Waals surface area contributed by atoms with Gasteiger partial charge in [-0.1, -0.05) is 33.2 Å². The number of nitrogens with one attached hydrogen (secondary N) is 1. The first kappa shape index (κ1) is 20.9. The summed E-state index contributed by atoms with van der Waals surface area (Å²) in [6, 6.07) is 11.6. The Hall–Kier alpha value is -3.32. The predicted molar refractivity (Wildman–Crippen MR) is 124 cm³/mol. The molecule has 0 saturated carbocycles. The van der Waals surface area contributed by atoms with Crippen LogP contribution in [0.5, 0.6) is 5.75 Å². The number of carbonyl (C=O) groups excluding carboxylic acids is 1. The Morgan fingerprint density at radius 2 is 2.13 bits per heavy atom. The topological polar surface area (TPSA) is 77.5 Å². The lowest BCUT2D eigenvalue weighted by Crippen LogP contribution is -2.09. The molecule has 0 aliphatic rings. The van der Waals surface area contributed by atoms with Crippen molar-refractivity contribution in [3.05, 3.63) is 70.6 Å². The van der Waals surface area contributed by atoms with Crippen LogP contribution in [0.15, 0.2) is 68.4 Å². The minimum absolute atomic E-state index is 0.300. The Morgan fingerprint density at radius 1 is 1.29 bits per heavy atom. The number of nitrogens with zero attached hydrogens (tertiary/aromatic N) is 1. The molecule has 1 amide bonds. The van der Waals surface area contributed by atoms with Gasteiger partial charge in [0.05, 0.1) is 12.9 Å². The van der Waals surface area contributed by atoms with Crippen LogP contribution in [0.2, 0.25) is 0 Å². The van der Waals surface area contributed by atoms with Gasteiger partial charge in [0.1, 0.15) is 17.6 Å². The maximum Gasteiger partial charge on any atom is 0.249 e. The van der Waals surface area contributed by atoms with E-state index in [1.807, 2.05) is 51.1 Å². The van der Waals surface area contributed by atoms with Crippen molar-refractivity contribution in [3.8, 4) is 16.9 Å². The zero-order valence-corrected chi connectivity index (χ0v) is 18.9. The number of furan rings is 1. The summed E-state index contributed by atoms with van der Waals surface area (Å²) in [7, 11) is 0. The number of halogens is 1. The summed E-state index contributed by atoms with van der Waals surface area (Å²) in [5.74, 6) is 0.761. The normalized spacial score (nSPS) is 11.7. The van der Waals surface area contributed by atoms with E-state index in [0.717, 1.165) is 43.3 Å². The molecule has 0 fully saturated rings. The van der Waals surface area contributed by atoms with Crippen molar-refractivity contribution in [1.82, 2.24) is 5.16 Å². The highest BCUT2D eigenvalue weighted by Gasteiger charge is 2.19. The van der Waals surface area contributed by atoms with E-state index in [2.05, 4.69) is 26.4 Å². The Morgan fingerprint density at radius 3 is 2.84 bits per heavy atom. The Bertz CT molecular complexity index is 1270. The van der Waals surface area contributed by atoms with Crippen LogP contribution < -0.4 is 10.1 Å². The molecule has 0 aliphatic heterocycles. The van der Waals surface area contributed by atoms with Gasteiger partial charge in [0.2, 0.25) is 5.91 Å². The molecule has 158 valence electrons. The fraction of sp³-hybridized carbons (Fsp3) is 0.167. The van der Waals surface area contributed by atoms with Crippen LogP contribution in [0.1, 0.15) is 25.0 Å². The second kappa shape index (κ2) is 8.81. The molecule has 0 saturated heterocycles. The lowest BCUT2D eigenvalue weighted by molar-refractivity contribution is -0.111. The summed E-state index contributed by atoms with van der Waals surface area (Å²) < 4.78 is 17.6. The number of allylic oxidation sites excluding steroid dienone is 1. The smallest absolute Gasteiger partial charge is 0.249 e. The van der Waals surface area contributed by atoms with E-state index in [-0.39, 0.29) is 5.91 Å². The van der Waals surface area contributed by atoms with Gasteiger partial charge in [-0.2, -0.15) is 0 Å². The number of rotatable bonds is 6. The summed E-state index contributed by atoms with van der Waals surface area (Å²) in [6.45, 7) is 6.27. The number of aryl methyl sites for hydroxylation is 1. The van der Waals surface area contributed by atoms with Gasteiger partial charge >= 0.3 is 0 Å². The van der Waals surface area contributed by atoms with Gasteiger partial charge in [-0.25, -0.2) is 0 Å². The van der Waals surface area contributed by atoms with Gasteiger partial charge in [0, 0.05) is 38.7 Å². The molecule has 1 N–H and O–H groups in total. The molecular formula is C24H21BrN2O4. The van der Waals surface area contributed by atoms with Crippen molar-refractivity contribution in [3.63, 3.8) is 0 Å². The quantitative estimate of drug-likeness (QED) is 0.314. The Balaban J connectivity index is 1.82. The zero-order valence-electron chi connectivity index (χ0n) is 17.4. The van der Waals surface area contributed by atoms with Gasteiger partial charge in [-0.05, 0) is 50.1 Å². The van der Waals surface area contributed by atoms with E-state index >= 15 is 0 Å². The van der Waals surface area contributed by atoms with Gasteiger partial charge < -0.3 is 19.0 Å². The van der Waals surface area contributed by atoms with Gasteiger partial charge in [-0.15, -0.1) is 0 Å².